The van der Waals surface area contributed by atoms with Crippen molar-refractivity contribution in [2.45, 2.75) is 28.6 Å². The highest BCUT2D eigenvalue weighted by atomic mass is 35.5. The molecule has 0 fully saturated rings. The molecule has 0 radical (unpaired) electrons. The fourth-order valence-electron chi connectivity index (χ4n) is 2.94. The van der Waals surface area contributed by atoms with E-state index in [0.29, 0.717) is 17.3 Å². The highest BCUT2D eigenvalue weighted by Crippen LogP contribution is 2.26. The average Bonchev–Trinajstić information content (AvgIpc) is 3.33. The molecule has 14 heteroatoms. The SMILES string of the molecule is CCC(Sc1nnnn1-c1ccccc1)C(=O)Nc1ccc(S(=O)(=O)Nc2ccc(Cl)nn2)cc1. The Morgan fingerprint density at radius 1 is 1.03 bits per heavy atom. The van der Waals surface area contributed by atoms with Crippen LogP contribution in [0.5, 0.6) is 0 Å². The van der Waals surface area contributed by atoms with Crippen LogP contribution in [0, 0.1) is 0 Å². The first-order chi connectivity index (χ1) is 16.9. The second kappa shape index (κ2) is 10.8. The number of tetrazole rings is 1. The maximum Gasteiger partial charge on any atom is 0.263 e. The predicted octanol–water partition coefficient (Wildman–Crippen LogP) is 3.42. The number of nitrogens with one attached hydrogen (secondary N) is 2. The summed E-state index contributed by atoms with van der Waals surface area (Å²) in [7, 11) is -3.90. The zero-order chi connectivity index (χ0) is 24.8. The van der Waals surface area contributed by atoms with Gasteiger partial charge in [-0.1, -0.05) is 48.5 Å². The number of hydrogen-bond acceptors (Lipinski definition) is 9. The van der Waals surface area contributed by atoms with E-state index in [0.717, 1.165) is 5.69 Å². The summed E-state index contributed by atoms with van der Waals surface area (Å²) < 4.78 is 29.0. The molecule has 1 unspecified atom stereocenters. The highest BCUT2D eigenvalue weighted by Gasteiger charge is 2.22. The lowest BCUT2D eigenvalue weighted by Gasteiger charge is -2.14. The summed E-state index contributed by atoms with van der Waals surface area (Å²) in [5, 5.41) is 22.0. The van der Waals surface area contributed by atoms with Gasteiger partial charge < -0.3 is 5.32 Å². The number of benzene rings is 2. The van der Waals surface area contributed by atoms with Crippen LogP contribution >= 0.6 is 23.4 Å². The van der Waals surface area contributed by atoms with Gasteiger partial charge in [0, 0.05) is 5.69 Å². The topological polar surface area (TPSA) is 145 Å². The minimum atomic E-state index is -3.90. The number of aromatic nitrogens is 6. The Morgan fingerprint density at radius 3 is 2.43 bits per heavy atom. The zero-order valence-corrected chi connectivity index (χ0v) is 20.6. The molecule has 0 aliphatic heterocycles. The van der Waals surface area contributed by atoms with Crippen molar-refractivity contribution in [3.63, 3.8) is 0 Å². The van der Waals surface area contributed by atoms with Gasteiger partial charge in [-0.2, -0.15) is 4.68 Å². The lowest BCUT2D eigenvalue weighted by Crippen LogP contribution is -2.25. The number of rotatable bonds is 9. The van der Waals surface area contributed by atoms with Crippen molar-refractivity contribution in [2.75, 3.05) is 10.0 Å². The largest absolute Gasteiger partial charge is 0.325 e. The van der Waals surface area contributed by atoms with E-state index in [1.54, 1.807) is 4.68 Å². The number of halogens is 1. The molecular formula is C21H19ClN8O3S2. The Labute approximate surface area is 210 Å². The number of carbonyl (C=O) groups excluding carboxylic acids is 1. The van der Waals surface area contributed by atoms with Crippen molar-refractivity contribution in [1.29, 1.82) is 0 Å². The zero-order valence-electron chi connectivity index (χ0n) is 18.2. The number of para-hydroxylation sites is 1. The van der Waals surface area contributed by atoms with E-state index in [1.807, 2.05) is 37.3 Å². The first-order valence-corrected chi connectivity index (χ1v) is 13.0. The van der Waals surface area contributed by atoms with Crippen molar-refractivity contribution < 1.29 is 13.2 Å². The van der Waals surface area contributed by atoms with E-state index in [9.17, 15) is 13.2 Å². The van der Waals surface area contributed by atoms with Crippen LogP contribution in [0.4, 0.5) is 11.5 Å². The summed E-state index contributed by atoms with van der Waals surface area (Å²) in [4.78, 5) is 12.9. The molecule has 2 aromatic heterocycles. The summed E-state index contributed by atoms with van der Waals surface area (Å²) in [6, 6.07) is 18.0. The number of anilines is 2. The van der Waals surface area contributed by atoms with Crippen molar-refractivity contribution >= 4 is 50.8 Å². The summed E-state index contributed by atoms with van der Waals surface area (Å²) in [5.74, 6) is -0.224. The number of hydrogen-bond donors (Lipinski definition) is 2. The molecule has 2 aromatic carbocycles. The van der Waals surface area contributed by atoms with Crippen LogP contribution < -0.4 is 10.0 Å². The van der Waals surface area contributed by atoms with E-state index < -0.39 is 15.3 Å². The van der Waals surface area contributed by atoms with Gasteiger partial charge >= 0.3 is 0 Å². The van der Waals surface area contributed by atoms with Gasteiger partial charge in [0.15, 0.2) is 11.0 Å². The van der Waals surface area contributed by atoms with Crippen LogP contribution in [0.15, 0.2) is 76.8 Å². The molecule has 4 rings (SSSR count). The van der Waals surface area contributed by atoms with Crippen LogP contribution in [0.1, 0.15) is 13.3 Å². The Bertz CT molecular complexity index is 1400. The molecule has 0 aliphatic rings. The third-order valence-corrected chi connectivity index (χ3v) is 7.53. The number of sulfonamides is 1. The average molecular weight is 531 g/mol. The van der Waals surface area contributed by atoms with Gasteiger partial charge in [-0.05, 0) is 65.4 Å². The van der Waals surface area contributed by atoms with Crippen LogP contribution in [0.3, 0.4) is 0 Å². The van der Waals surface area contributed by atoms with Gasteiger partial charge in [0.1, 0.15) is 0 Å². The third kappa shape index (κ3) is 6.12. The van der Waals surface area contributed by atoms with Gasteiger partial charge in [0.2, 0.25) is 11.1 Å². The molecule has 0 aliphatic carbocycles. The van der Waals surface area contributed by atoms with Crippen molar-refractivity contribution in [3.8, 4) is 5.69 Å². The summed E-state index contributed by atoms with van der Waals surface area (Å²) in [6.07, 6.45) is 0.524. The first-order valence-electron chi connectivity index (χ1n) is 10.3. The molecule has 0 saturated heterocycles. The van der Waals surface area contributed by atoms with E-state index in [-0.39, 0.29) is 21.8 Å². The number of amides is 1. The van der Waals surface area contributed by atoms with Crippen molar-refractivity contribution in [3.05, 3.63) is 71.9 Å². The third-order valence-electron chi connectivity index (χ3n) is 4.66. The van der Waals surface area contributed by atoms with E-state index in [1.165, 1.54) is 48.2 Å². The second-order valence-corrected chi connectivity index (χ2v) is 10.3. The fraction of sp³-hybridized carbons (Fsp3) is 0.143. The molecule has 2 heterocycles. The molecule has 2 N–H and O–H groups in total. The van der Waals surface area contributed by atoms with Gasteiger partial charge in [-0.15, -0.1) is 15.3 Å². The van der Waals surface area contributed by atoms with Gasteiger partial charge in [-0.25, -0.2) is 8.42 Å². The first kappa shape index (κ1) is 24.6. The molecule has 4 aromatic rings. The molecule has 0 bridgehead atoms. The summed E-state index contributed by atoms with van der Waals surface area (Å²) in [6.45, 7) is 1.88. The van der Waals surface area contributed by atoms with Crippen molar-refractivity contribution in [1.82, 2.24) is 30.4 Å². The molecule has 1 amide bonds. The fourth-order valence-corrected chi connectivity index (χ4v) is 4.95. The molecule has 180 valence electrons. The Hall–Kier alpha value is -3.55. The highest BCUT2D eigenvalue weighted by molar-refractivity contribution is 8.00. The normalized spacial score (nSPS) is 12.2. The molecular weight excluding hydrogens is 512 g/mol. The standard InChI is InChI=1S/C21H19ClN8O3S2/c1-2-17(34-21-26-28-29-30(21)15-6-4-3-5-7-15)20(31)23-14-8-10-16(11-9-14)35(32,33)27-19-13-12-18(22)24-25-19/h3-13,17H,2H2,1H3,(H,23,31)(H,25,27). The van der Waals surface area contributed by atoms with E-state index in [4.69, 9.17) is 11.6 Å². The predicted molar refractivity (Wildman–Crippen MR) is 132 cm³/mol. The van der Waals surface area contributed by atoms with Gasteiger partial charge in [0.25, 0.3) is 10.0 Å². The minimum Gasteiger partial charge on any atom is -0.325 e. The van der Waals surface area contributed by atoms with Crippen molar-refractivity contribution in [2.24, 2.45) is 0 Å². The Balaban J connectivity index is 1.42. The quantitative estimate of drug-likeness (QED) is 0.311. The summed E-state index contributed by atoms with van der Waals surface area (Å²) >= 11 is 6.91. The second-order valence-electron chi connectivity index (χ2n) is 7.08. The van der Waals surface area contributed by atoms with Gasteiger partial charge in [-0.3, -0.25) is 9.52 Å². The molecule has 35 heavy (non-hydrogen) atoms. The van der Waals surface area contributed by atoms with Gasteiger partial charge in [0.05, 0.1) is 15.8 Å². The van der Waals surface area contributed by atoms with Crippen LogP contribution in [-0.4, -0.2) is 50.0 Å². The Morgan fingerprint density at radius 2 is 1.77 bits per heavy atom. The number of nitrogens with zero attached hydrogens (tertiary/aromatic N) is 6. The molecule has 1 atom stereocenters. The Kier molecular flexibility index (Phi) is 7.58. The maximum absolute atomic E-state index is 12.9. The molecule has 11 nitrogen and oxygen atoms in total. The lowest BCUT2D eigenvalue weighted by atomic mass is 10.3. The van der Waals surface area contributed by atoms with E-state index >= 15 is 0 Å². The smallest absolute Gasteiger partial charge is 0.263 e. The number of carbonyl (C=O) groups is 1. The lowest BCUT2D eigenvalue weighted by molar-refractivity contribution is -0.115. The maximum atomic E-state index is 12.9. The van der Waals surface area contributed by atoms with E-state index in [2.05, 4.69) is 35.8 Å². The minimum absolute atomic E-state index is 0.00398. The van der Waals surface area contributed by atoms with Crippen LogP contribution in [-0.2, 0) is 14.8 Å². The molecule has 0 saturated carbocycles. The molecule has 0 spiro atoms. The number of thioether (sulfide) groups is 1. The summed E-state index contributed by atoms with van der Waals surface area (Å²) in [5.41, 5.74) is 1.23. The van der Waals surface area contributed by atoms with Crippen LogP contribution in [0.25, 0.3) is 5.69 Å². The van der Waals surface area contributed by atoms with Crippen LogP contribution in [0.2, 0.25) is 5.15 Å². The monoisotopic (exact) mass is 530 g/mol.